The molecule has 0 aliphatic rings. The Labute approximate surface area is 126 Å². The smallest absolute Gasteiger partial charge is 0.123 e. The summed E-state index contributed by atoms with van der Waals surface area (Å²) in [6.45, 7) is 2.84. The lowest BCUT2D eigenvalue weighted by Gasteiger charge is -2.18. The Balaban J connectivity index is 2.26. The molecule has 0 bridgehead atoms. The van der Waals surface area contributed by atoms with E-state index in [1.807, 2.05) is 18.4 Å². The van der Waals surface area contributed by atoms with Gasteiger partial charge in [0.15, 0.2) is 0 Å². The molecule has 0 saturated carbocycles. The molecule has 1 atom stereocenters. The van der Waals surface area contributed by atoms with Crippen LogP contribution in [0.25, 0.3) is 0 Å². The van der Waals surface area contributed by atoms with Gasteiger partial charge in [0.05, 0.1) is 5.02 Å². The van der Waals surface area contributed by atoms with Crippen molar-refractivity contribution in [1.29, 1.82) is 0 Å². The summed E-state index contributed by atoms with van der Waals surface area (Å²) in [5.41, 5.74) is 0.789. The van der Waals surface area contributed by atoms with E-state index in [9.17, 15) is 4.39 Å². The van der Waals surface area contributed by atoms with Gasteiger partial charge >= 0.3 is 0 Å². The molecular weight excluding hydrogens is 304 g/mol. The van der Waals surface area contributed by atoms with Crippen molar-refractivity contribution in [3.63, 3.8) is 0 Å². The second-order valence-electron chi connectivity index (χ2n) is 4.18. The summed E-state index contributed by atoms with van der Waals surface area (Å²) in [5, 5.41) is 6.64. The number of halogens is 3. The maximum absolute atomic E-state index is 13.3. The SMILES string of the molecule is CCNC(Cc1cc(F)ccc1Cl)c1sccc1Cl. The zero-order valence-corrected chi connectivity index (χ0v) is 12.7. The Morgan fingerprint density at radius 1 is 1.26 bits per heavy atom. The van der Waals surface area contributed by atoms with E-state index in [0.29, 0.717) is 11.4 Å². The number of hydrogen-bond donors (Lipinski definition) is 1. The van der Waals surface area contributed by atoms with Gasteiger partial charge in [0, 0.05) is 15.9 Å². The van der Waals surface area contributed by atoms with E-state index in [4.69, 9.17) is 23.2 Å². The van der Waals surface area contributed by atoms with E-state index >= 15 is 0 Å². The van der Waals surface area contributed by atoms with E-state index in [-0.39, 0.29) is 11.9 Å². The Hall–Kier alpha value is -0.610. The third-order valence-corrected chi connectivity index (χ3v) is 4.68. The van der Waals surface area contributed by atoms with Crippen LogP contribution in [0, 0.1) is 5.82 Å². The number of benzene rings is 1. The number of rotatable bonds is 5. The van der Waals surface area contributed by atoms with Gasteiger partial charge in [-0.15, -0.1) is 11.3 Å². The normalized spacial score (nSPS) is 12.6. The quantitative estimate of drug-likeness (QED) is 0.810. The Morgan fingerprint density at radius 2 is 2.05 bits per heavy atom. The molecule has 0 spiro atoms. The third kappa shape index (κ3) is 3.69. The van der Waals surface area contributed by atoms with Crippen molar-refractivity contribution in [3.05, 3.63) is 55.9 Å². The highest BCUT2D eigenvalue weighted by Gasteiger charge is 2.17. The summed E-state index contributed by atoms with van der Waals surface area (Å²) in [4.78, 5) is 1.06. The van der Waals surface area contributed by atoms with Crippen LogP contribution in [-0.2, 0) is 6.42 Å². The monoisotopic (exact) mass is 317 g/mol. The first-order valence-corrected chi connectivity index (χ1v) is 7.65. The van der Waals surface area contributed by atoms with Crippen LogP contribution in [0.5, 0.6) is 0 Å². The van der Waals surface area contributed by atoms with Crippen molar-refractivity contribution in [2.24, 2.45) is 0 Å². The molecule has 0 aliphatic carbocycles. The van der Waals surface area contributed by atoms with Gasteiger partial charge in [-0.1, -0.05) is 30.1 Å². The third-order valence-electron chi connectivity index (χ3n) is 2.84. The largest absolute Gasteiger partial charge is 0.309 e. The van der Waals surface area contributed by atoms with Crippen LogP contribution in [0.1, 0.15) is 23.4 Å². The van der Waals surface area contributed by atoms with E-state index in [1.54, 1.807) is 17.4 Å². The van der Waals surface area contributed by atoms with Gasteiger partial charge in [0.25, 0.3) is 0 Å². The highest BCUT2D eigenvalue weighted by atomic mass is 35.5. The molecule has 19 heavy (non-hydrogen) atoms. The molecule has 1 unspecified atom stereocenters. The summed E-state index contributed by atoms with van der Waals surface area (Å²) in [5.74, 6) is -0.271. The van der Waals surface area contributed by atoms with Gasteiger partial charge in [0.1, 0.15) is 5.82 Å². The first-order chi connectivity index (χ1) is 9.11. The molecule has 1 aromatic heterocycles. The summed E-state index contributed by atoms with van der Waals surface area (Å²) in [7, 11) is 0. The van der Waals surface area contributed by atoms with E-state index < -0.39 is 0 Å². The van der Waals surface area contributed by atoms with Gasteiger partial charge in [-0.05, 0) is 48.2 Å². The molecular formula is C14H14Cl2FNS. The zero-order chi connectivity index (χ0) is 13.8. The first kappa shape index (κ1) is 14.8. The molecule has 0 fully saturated rings. The summed E-state index contributed by atoms with van der Waals surface area (Å²) >= 11 is 13.9. The minimum atomic E-state index is -0.271. The summed E-state index contributed by atoms with van der Waals surface area (Å²) < 4.78 is 13.3. The second kappa shape index (κ2) is 6.71. The first-order valence-electron chi connectivity index (χ1n) is 6.02. The van der Waals surface area contributed by atoms with Crippen molar-refractivity contribution in [2.75, 3.05) is 6.54 Å². The average molecular weight is 318 g/mol. The number of hydrogen-bond acceptors (Lipinski definition) is 2. The molecule has 0 aliphatic heterocycles. The predicted molar refractivity (Wildman–Crippen MR) is 80.9 cm³/mol. The fourth-order valence-electron chi connectivity index (χ4n) is 1.98. The van der Waals surface area contributed by atoms with Gasteiger partial charge in [-0.25, -0.2) is 4.39 Å². The lowest BCUT2D eigenvalue weighted by Crippen LogP contribution is -2.22. The zero-order valence-electron chi connectivity index (χ0n) is 10.4. The van der Waals surface area contributed by atoms with Gasteiger partial charge in [-0.3, -0.25) is 0 Å². The number of likely N-dealkylation sites (N-methyl/N-ethyl adjacent to an activating group) is 1. The second-order valence-corrected chi connectivity index (χ2v) is 5.95. The van der Waals surface area contributed by atoms with Crippen LogP contribution in [0.2, 0.25) is 10.0 Å². The maximum Gasteiger partial charge on any atom is 0.123 e. The Kier molecular flexibility index (Phi) is 5.22. The maximum atomic E-state index is 13.3. The van der Waals surface area contributed by atoms with E-state index in [1.165, 1.54) is 12.1 Å². The Morgan fingerprint density at radius 3 is 2.68 bits per heavy atom. The molecule has 5 heteroatoms. The average Bonchev–Trinajstić information content (AvgIpc) is 2.79. The van der Waals surface area contributed by atoms with Crippen molar-refractivity contribution in [3.8, 4) is 0 Å². The highest BCUT2D eigenvalue weighted by Crippen LogP contribution is 2.32. The van der Waals surface area contributed by atoms with E-state index in [2.05, 4.69) is 5.32 Å². The highest BCUT2D eigenvalue weighted by molar-refractivity contribution is 7.10. The van der Waals surface area contributed by atoms with Crippen molar-refractivity contribution in [1.82, 2.24) is 5.32 Å². The summed E-state index contributed by atoms with van der Waals surface area (Å²) in [6.07, 6.45) is 0.616. The van der Waals surface area contributed by atoms with Crippen molar-refractivity contribution in [2.45, 2.75) is 19.4 Å². The van der Waals surface area contributed by atoms with Gasteiger partial charge in [-0.2, -0.15) is 0 Å². The molecule has 2 rings (SSSR count). The van der Waals surface area contributed by atoms with Crippen LogP contribution in [0.4, 0.5) is 4.39 Å². The standard InChI is InChI=1S/C14H14Cl2FNS/c1-2-18-13(14-12(16)5-6-19-14)8-9-7-10(17)3-4-11(9)15/h3-7,13,18H,2,8H2,1H3. The minimum Gasteiger partial charge on any atom is -0.309 e. The summed E-state index contributed by atoms with van der Waals surface area (Å²) in [6, 6.07) is 6.36. The van der Waals surface area contributed by atoms with Crippen LogP contribution in [0.15, 0.2) is 29.6 Å². The van der Waals surface area contributed by atoms with Gasteiger partial charge < -0.3 is 5.32 Å². The van der Waals surface area contributed by atoms with Gasteiger partial charge in [0.2, 0.25) is 0 Å². The molecule has 1 heterocycles. The molecule has 2 aromatic rings. The molecule has 1 nitrogen and oxygen atoms in total. The lowest BCUT2D eigenvalue weighted by atomic mass is 10.0. The van der Waals surface area contributed by atoms with Crippen molar-refractivity contribution < 1.29 is 4.39 Å². The lowest BCUT2D eigenvalue weighted by molar-refractivity contribution is 0.555. The number of thiophene rings is 1. The minimum absolute atomic E-state index is 0.0526. The predicted octanol–water partition coefficient (Wildman–Crippen LogP) is 5.09. The van der Waals surface area contributed by atoms with Crippen LogP contribution < -0.4 is 5.32 Å². The topological polar surface area (TPSA) is 12.0 Å². The van der Waals surface area contributed by atoms with E-state index in [0.717, 1.165) is 22.0 Å². The van der Waals surface area contributed by atoms with Crippen LogP contribution in [-0.4, -0.2) is 6.54 Å². The molecule has 0 saturated heterocycles. The molecule has 0 amide bonds. The van der Waals surface area contributed by atoms with Crippen LogP contribution >= 0.6 is 34.5 Å². The Bertz CT molecular complexity index is 556. The molecule has 1 aromatic carbocycles. The number of nitrogens with one attached hydrogen (secondary N) is 1. The molecule has 0 radical (unpaired) electrons. The fourth-order valence-corrected chi connectivity index (χ4v) is 3.44. The van der Waals surface area contributed by atoms with Crippen molar-refractivity contribution >= 4 is 34.5 Å². The molecule has 102 valence electrons. The fraction of sp³-hybridized carbons (Fsp3) is 0.286. The van der Waals surface area contributed by atoms with Crippen LogP contribution in [0.3, 0.4) is 0 Å². The molecule has 1 N–H and O–H groups in total.